The van der Waals surface area contributed by atoms with Crippen molar-refractivity contribution in [2.24, 2.45) is 5.92 Å². The summed E-state index contributed by atoms with van der Waals surface area (Å²) in [7, 11) is 2.04. The lowest BCUT2D eigenvalue weighted by molar-refractivity contribution is 0.305. The van der Waals surface area contributed by atoms with Gasteiger partial charge in [0.1, 0.15) is 12.4 Å². The number of hydrogen-bond acceptors (Lipinski definition) is 2. The first-order chi connectivity index (χ1) is 9.78. The standard InChI is InChI=1S/C18H21NO/c1-13-10-15-8-9-16(11-17(15)18(13)19-2)20-12-14-6-4-3-5-7-14/h3-9,11,13,18-19H,10,12H2,1-2H3. The van der Waals surface area contributed by atoms with Gasteiger partial charge in [-0.3, -0.25) is 0 Å². The Morgan fingerprint density at radius 1 is 1.15 bits per heavy atom. The van der Waals surface area contributed by atoms with Crippen LogP contribution in [0.5, 0.6) is 5.75 Å². The van der Waals surface area contributed by atoms with Gasteiger partial charge in [-0.2, -0.15) is 0 Å². The topological polar surface area (TPSA) is 21.3 Å². The molecule has 0 aliphatic heterocycles. The van der Waals surface area contributed by atoms with Gasteiger partial charge in [-0.15, -0.1) is 0 Å². The van der Waals surface area contributed by atoms with Crippen LogP contribution in [-0.4, -0.2) is 7.05 Å². The van der Waals surface area contributed by atoms with Crippen molar-refractivity contribution in [3.8, 4) is 5.75 Å². The molecule has 2 nitrogen and oxygen atoms in total. The molecule has 0 spiro atoms. The highest BCUT2D eigenvalue weighted by Crippen LogP contribution is 2.37. The van der Waals surface area contributed by atoms with E-state index >= 15 is 0 Å². The fourth-order valence-electron chi connectivity index (χ4n) is 3.09. The minimum atomic E-state index is 0.449. The Morgan fingerprint density at radius 3 is 2.70 bits per heavy atom. The van der Waals surface area contributed by atoms with Crippen molar-refractivity contribution in [2.45, 2.75) is 26.0 Å². The number of nitrogens with one attached hydrogen (secondary N) is 1. The zero-order valence-electron chi connectivity index (χ0n) is 12.1. The van der Waals surface area contributed by atoms with Gasteiger partial charge in [0.05, 0.1) is 0 Å². The molecule has 2 unspecified atom stereocenters. The largest absolute Gasteiger partial charge is 0.489 e. The second-order valence-corrected chi connectivity index (χ2v) is 5.58. The summed E-state index contributed by atoms with van der Waals surface area (Å²) in [6.45, 7) is 2.92. The zero-order chi connectivity index (χ0) is 13.9. The van der Waals surface area contributed by atoms with Crippen molar-refractivity contribution >= 4 is 0 Å². The Kier molecular flexibility index (Phi) is 3.75. The van der Waals surface area contributed by atoms with Crippen LogP contribution in [-0.2, 0) is 13.0 Å². The quantitative estimate of drug-likeness (QED) is 0.911. The molecule has 0 amide bonds. The van der Waals surface area contributed by atoms with E-state index in [4.69, 9.17) is 4.74 Å². The van der Waals surface area contributed by atoms with Gasteiger partial charge in [-0.05, 0) is 48.2 Å². The molecule has 1 aliphatic rings. The van der Waals surface area contributed by atoms with Crippen LogP contribution in [0.1, 0.15) is 29.7 Å². The Labute approximate surface area is 120 Å². The maximum Gasteiger partial charge on any atom is 0.120 e. The summed E-state index contributed by atoms with van der Waals surface area (Å²) in [5.74, 6) is 1.61. The molecular weight excluding hydrogens is 246 g/mol. The van der Waals surface area contributed by atoms with Gasteiger partial charge < -0.3 is 10.1 Å². The Bertz CT molecular complexity index is 579. The monoisotopic (exact) mass is 267 g/mol. The fourth-order valence-corrected chi connectivity index (χ4v) is 3.09. The number of rotatable bonds is 4. The SMILES string of the molecule is CNC1c2cc(OCc3ccccc3)ccc2CC1C. The van der Waals surface area contributed by atoms with Crippen LogP contribution in [0.2, 0.25) is 0 Å². The van der Waals surface area contributed by atoms with Crippen LogP contribution in [0.4, 0.5) is 0 Å². The lowest BCUT2D eigenvalue weighted by Crippen LogP contribution is -2.19. The molecule has 0 aromatic heterocycles. The van der Waals surface area contributed by atoms with E-state index in [2.05, 4.69) is 42.6 Å². The van der Waals surface area contributed by atoms with E-state index in [-0.39, 0.29) is 0 Å². The smallest absolute Gasteiger partial charge is 0.120 e. The van der Waals surface area contributed by atoms with E-state index in [1.807, 2.05) is 25.2 Å². The van der Waals surface area contributed by atoms with Crippen molar-refractivity contribution < 1.29 is 4.74 Å². The second kappa shape index (κ2) is 5.68. The number of benzene rings is 2. The van der Waals surface area contributed by atoms with E-state index < -0.39 is 0 Å². The normalized spacial score (nSPS) is 20.7. The first kappa shape index (κ1) is 13.2. The Balaban J connectivity index is 1.75. The van der Waals surface area contributed by atoms with Crippen LogP contribution in [0, 0.1) is 5.92 Å². The first-order valence-electron chi connectivity index (χ1n) is 7.24. The van der Waals surface area contributed by atoms with Gasteiger partial charge in [0, 0.05) is 6.04 Å². The molecule has 2 heteroatoms. The summed E-state index contributed by atoms with van der Waals surface area (Å²) >= 11 is 0. The molecule has 0 bridgehead atoms. The average Bonchev–Trinajstić information content (AvgIpc) is 2.80. The fraction of sp³-hybridized carbons (Fsp3) is 0.333. The molecule has 1 N–H and O–H groups in total. The third kappa shape index (κ3) is 2.56. The van der Waals surface area contributed by atoms with Crippen LogP contribution in [0.3, 0.4) is 0 Å². The Hall–Kier alpha value is -1.80. The highest BCUT2D eigenvalue weighted by molar-refractivity contribution is 5.41. The summed E-state index contributed by atoms with van der Waals surface area (Å²) in [6, 6.07) is 17.2. The van der Waals surface area contributed by atoms with Gasteiger partial charge in [0.15, 0.2) is 0 Å². The summed E-state index contributed by atoms with van der Waals surface area (Å²) in [5, 5.41) is 3.42. The van der Waals surface area contributed by atoms with Gasteiger partial charge in [-0.25, -0.2) is 0 Å². The molecule has 20 heavy (non-hydrogen) atoms. The molecule has 3 rings (SSSR count). The van der Waals surface area contributed by atoms with Crippen LogP contribution in [0.15, 0.2) is 48.5 Å². The summed E-state index contributed by atoms with van der Waals surface area (Å²) in [4.78, 5) is 0. The van der Waals surface area contributed by atoms with Crippen LogP contribution < -0.4 is 10.1 Å². The van der Waals surface area contributed by atoms with Gasteiger partial charge in [0.2, 0.25) is 0 Å². The molecule has 0 radical (unpaired) electrons. The zero-order valence-corrected chi connectivity index (χ0v) is 12.1. The van der Waals surface area contributed by atoms with Crippen molar-refractivity contribution in [2.75, 3.05) is 7.05 Å². The minimum absolute atomic E-state index is 0.449. The predicted octanol–water partition coefficient (Wildman–Crippen LogP) is 3.72. The van der Waals surface area contributed by atoms with Gasteiger partial charge >= 0.3 is 0 Å². The molecule has 1 aliphatic carbocycles. The predicted molar refractivity (Wildman–Crippen MR) is 81.9 cm³/mol. The first-order valence-corrected chi connectivity index (χ1v) is 7.24. The van der Waals surface area contributed by atoms with Crippen molar-refractivity contribution in [1.82, 2.24) is 5.32 Å². The van der Waals surface area contributed by atoms with Crippen molar-refractivity contribution in [1.29, 1.82) is 0 Å². The maximum absolute atomic E-state index is 5.92. The minimum Gasteiger partial charge on any atom is -0.489 e. The molecule has 2 atom stereocenters. The Morgan fingerprint density at radius 2 is 1.95 bits per heavy atom. The van der Waals surface area contributed by atoms with E-state index in [0.29, 0.717) is 18.6 Å². The summed E-state index contributed by atoms with van der Waals surface area (Å²) in [5.41, 5.74) is 4.04. The molecule has 0 saturated heterocycles. The molecule has 2 aromatic rings. The number of fused-ring (bicyclic) bond motifs is 1. The highest BCUT2D eigenvalue weighted by atomic mass is 16.5. The lowest BCUT2D eigenvalue weighted by atomic mass is 10.0. The van der Waals surface area contributed by atoms with Crippen molar-refractivity contribution in [3.05, 3.63) is 65.2 Å². The third-order valence-corrected chi connectivity index (χ3v) is 4.12. The van der Waals surface area contributed by atoms with Crippen LogP contribution in [0.25, 0.3) is 0 Å². The molecule has 0 saturated carbocycles. The number of ether oxygens (including phenoxy) is 1. The van der Waals surface area contributed by atoms with E-state index in [9.17, 15) is 0 Å². The average molecular weight is 267 g/mol. The molecule has 2 aromatic carbocycles. The van der Waals surface area contributed by atoms with Gasteiger partial charge in [0.25, 0.3) is 0 Å². The molecular formula is C18H21NO. The van der Waals surface area contributed by atoms with Gasteiger partial charge in [-0.1, -0.05) is 43.3 Å². The summed E-state index contributed by atoms with van der Waals surface area (Å²) < 4.78 is 5.92. The molecule has 0 heterocycles. The van der Waals surface area contributed by atoms with Crippen LogP contribution >= 0.6 is 0 Å². The van der Waals surface area contributed by atoms with E-state index in [1.54, 1.807) is 0 Å². The third-order valence-electron chi connectivity index (χ3n) is 4.12. The molecule has 0 fully saturated rings. The van der Waals surface area contributed by atoms with E-state index in [1.165, 1.54) is 16.7 Å². The maximum atomic E-state index is 5.92. The van der Waals surface area contributed by atoms with Crippen molar-refractivity contribution in [3.63, 3.8) is 0 Å². The van der Waals surface area contributed by atoms with E-state index in [0.717, 1.165) is 12.2 Å². The molecule has 104 valence electrons. The highest BCUT2D eigenvalue weighted by Gasteiger charge is 2.28. The number of hydrogen-bond donors (Lipinski definition) is 1. The summed E-state index contributed by atoms with van der Waals surface area (Å²) in [6.07, 6.45) is 1.15. The second-order valence-electron chi connectivity index (χ2n) is 5.58. The lowest BCUT2D eigenvalue weighted by Gasteiger charge is -2.16.